The lowest BCUT2D eigenvalue weighted by atomic mass is 10.1. The molecule has 0 saturated carbocycles. The maximum Gasteiger partial charge on any atom is 0.135 e. The van der Waals surface area contributed by atoms with Crippen LogP contribution in [0.4, 0.5) is 11.6 Å². The zero-order valence-electron chi connectivity index (χ0n) is 13.0. The Kier molecular flexibility index (Phi) is 5.99. The van der Waals surface area contributed by atoms with E-state index in [2.05, 4.69) is 58.9 Å². The number of hydrogen-bond donors (Lipinski definition) is 2. The number of thiophene rings is 1. The molecule has 0 saturated heterocycles. The van der Waals surface area contributed by atoms with Crippen LogP contribution in [0.15, 0.2) is 23.8 Å². The van der Waals surface area contributed by atoms with Crippen molar-refractivity contribution < 1.29 is 0 Å². The van der Waals surface area contributed by atoms with E-state index in [1.165, 1.54) is 10.4 Å². The van der Waals surface area contributed by atoms with E-state index in [0.29, 0.717) is 6.04 Å². The summed E-state index contributed by atoms with van der Waals surface area (Å²) in [6, 6.07) is 4.59. The summed E-state index contributed by atoms with van der Waals surface area (Å²) in [5, 5.41) is 9.06. The van der Waals surface area contributed by atoms with Crippen molar-refractivity contribution in [1.82, 2.24) is 9.97 Å². The van der Waals surface area contributed by atoms with Gasteiger partial charge in [0.05, 0.1) is 6.04 Å². The first-order valence-electron chi connectivity index (χ1n) is 7.67. The molecule has 0 aromatic carbocycles. The molecule has 1 atom stereocenters. The standard InChI is InChI=1S/C16H24N4S/c1-4-8-12-15(17-6-3)18-11-19-16(12)20-13(5-2)14-9-7-10-21-14/h7,9-11,13H,4-6,8H2,1-3H3,(H2,17,18,19,20). The van der Waals surface area contributed by atoms with E-state index in [4.69, 9.17) is 0 Å². The first-order chi connectivity index (χ1) is 10.3. The SMILES string of the molecule is CCCc1c(NCC)ncnc1NC(CC)c1cccs1. The van der Waals surface area contributed by atoms with Crippen LogP contribution in [0.3, 0.4) is 0 Å². The van der Waals surface area contributed by atoms with E-state index in [9.17, 15) is 0 Å². The Bertz CT molecular complexity index is 539. The number of rotatable bonds is 8. The van der Waals surface area contributed by atoms with Gasteiger partial charge >= 0.3 is 0 Å². The van der Waals surface area contributed by atoms with Crippen LogP contribution in [-0.2, 0) is 6.42 Å². The van der Waals surface area contributed by atoms with Crippen molar-refractivity contribution >= 4 is 23.0 Å². The number of nitrogens with zero attached hydrogens (tertiary/aromatic N) is 2. The Labute approximate surface area is 131 Å². The third-order valence-electron chi connectivity index (χ3n) is 3.40. The topological polar surface area (TPSA) is 49.8 Å². The minimum atomic E-state index is 0.310. The highest BCUT2D eigenvalue weighted by atomic mass is 32.1. The molecule has 0 amide bonds. The first-order valence-corrected chi connectivity index (χ1v) is 8.55. The Morgan fingerprint density at radius 1 is 1.19 bits per heavy atom. The monoisotopic (exact) mass is 304 g/mol. The molecule has 0 bridgehead atoms. The molecule has 114 valence electrons. The molecule has 21 heavy (non-hydrogen) atoms. The Morgan fingerprint density at radius 3 is 2.62 bits per heavy atom. The van der Waals surface area contributed by atoms with Crippen molar-refractivity contribution in [3.63, 3.8) is 0 Å². The van der Waals surface area contributed by atoms with Crippen LogP contribution in [0, 0.1) is 0 Å². The van der Waals surface area contributed by atoms with Gasteiger partial charge in [-0.25, -0.2) is 9.97 Å². The molecule has 2 aromatic rings. The van der Waals surface area contributed by atoms with Crippen molar-refractivity contribution in [2.24, 2.45) is 0 Å². The van der Waals surface area contributed by atoms with Gasteiger partial charge in [0, 0.05) is 17.0 Å². The van der Waals surface area contributed by atoms with Gasteiger partial charge in [-0.2, -0.15) is 0 Å². The molecule has 2 N–H and O–H groups in total. The van der Waals surface area contributed by atoms with Crippen LogP contribution >= 0.6 is 11.3 Å². The Hall–Kier alpha value is -1.62. The van der Waals surface area contributed by atoms with Crippen molar-refractivity contribution in [2.45, 2.75) is 46.1 Å². The average molecular weight is 304 g/mol. The molecule has 2 heterocycles. The van der Waals surface area contributed by atoms with E-state index in [-0.39, 0.29) is 0 Å². The average Bonchev–Trinajstić information content (AvgIpc) is 3.02. The second-order valence-corrected chi connectivity index (χ2v) is 5.93. The molecule has 5 heteroatoms. The molecule has 2 rings (SSSR count). The summed E-state index contributed by atoms with van der Waals surface area (Å²) in [4.78, 5) is 10.2. The van der Waals surface area contributed by atoms with Crippen LogP contribution in [0.1, 0.15) is 50.1 Å². The molecule has 0 aliphatic carbocycles. The number of nitrogens with one attached hydrogen (secondary N) is 2. The zero-order valence-corrected chi connectivity index (χ0v) is 13.8. The van der Waals surface area contributed by atoms with Crippen molar-refractivity contribution in [2.75, 3.05) is 17.2 Å². The molecule has 0 aliphatic heterocycles. The summed E-state index contributed by atoms with van der Waals surface area (Å²) in [6.45, 7) is 7.34. The van der Waals surface area contributed by atoms with E-state index in [1.54, 1.807) is 17.7 Å². The third-order valence-corrected chi connectivity index (χ3v) is 4.38. The minimum absolute atomic E-state index is 0.310. The summed E-state index contributed by atoms with van der Waals surface area (Å²) in [6.07, 6.45) is 4.73. The number of anilines is 2. The molecule has 1 unspecified atom stereocenters. The van der Waals surface area contributed by atoms with Gasteiger partial charge in [-0.3, -0.25) is 0 Å². The van der Waals surface area contributed by atoms with Crippen molar-refractivity contribution in [3.8, 4) is 0 Å². The predicted octanol–water partition coefficient (Wildman–Crippen LogP) is 4.49. The molecule has 0 radical (unpaired) electrons. The fourth-order valence-corrected chi connectivity index (χ4v) is 3.23. The fraction of sp³-hybridized carbons (Fsp3) is 0.500. The van der Waals surface area contributed by atoms with E-state index >= 15 is 0 Å². The van der Waals surface area contributed by atoms with Gasteiger partial charge < -0.3 is 10.6 Å². The summed E-state index contributed by atoms with van der Waals surface area (Å²) in [5.74, 6) is 1.92. The first kappa shape index (κ1) is 15.8. The van der Waals surface area contributed by atoms with Crippen LogP contribution < -0.4 is 10.6 Å². The van der Waals surface area contributed by atoms with Crippen LogP contribution in [0.2, 0.25) is 0 Å². The number of hydrogen-bond acceptors (Lipinski definition) is 5. The van der Waals surface area contributed by atoms with Crippen LogP contribution in [-0.4, -0.2) is 16.5 Å². The third kappa shape index (κ3) is 3.94. The number of aromatic nitrogens is 2. The predicted molar refractivity (Wildman–Crippen MR) is 91.2 cm³/mol. The van der Waals surface area contributed by atoms with Gasteiger partial charge in [-0.05, 0) is 31.2 Å². The van der Waals surface area contributed by atoms with Crippen LogP contribution in [0.5, 0.6) is 0 Å². The summed E-state index contributed by atoms with van der Waals surface area (Å²) < 4.78 is 0. The van der Waals surface area contributed by atoms with Crippen LogP contribution in [0.25, 0.3) is 0 Å². The quantitative estimate of drug-likeness (QED) is 0.754. The summed E-state index contributed by atoms with van der Waals surface area (Å²) in [7, 11) is 0. The van der Waals surface area contributed by atoms with Crippen molar-refractivity contribution in [1.29, 1.82) is 0 Å². The Morgan fingerprint density at radius 2 is 2.00 bits per heavy atom. The molecule has 0 fully saturated rings. The van der Waals surface area contributed by atoms with Gasteiger partial charge in [0.15, 0.2) is 0 Å². The van der Waals surface area contributed by atoms with Gasteiger partial charge in [0.1, 0.15) is 18.0 Å². The summed E-state index contributed by atoms with van der Waals surface area (Å²) in [5.41, 5.74) is 1.19. The molecule has 2 aromatic heterocycles. The highest BCUT2D eigenvalue weighted by molar-refractivity contribution is 7.10. The highest BCUT2D eigenvalue weighted by Crippen LogP contribution is 2.29. The Balaban J connectivity index is 2.27. The summed E-state index contributed by atoms with van der Waals surface area (Å²) >= 11 is 1.79. The molecule has 0 spiro atoms. The van der Waals surface area contributed by atoms with Gasteiger partial charge in [0.25, 0.3) is 0 Å². The smallest absolute Gasteiger partial charge is 0.135 e. The normalized spacial score (nSPS) is 12.1. The fourth-order valence-electron chi connectivity index (χ4n) is 2.37. The maximum atomic E-state index is 4.48. The zero-order chi connectivity index (χ0) is 15.1. The van der Waals surface area contributed by atoms with Crippen molar-refractivity contribution in [3.05, 3.63) is 34.3 Å². The van der Waals surface area contributed by atoms with E-state index in [0.717, 1.165) is 37.4 Å². The maximum absolute atomic E-state index is 4.48. The molecule has 0 aliphatic rings. The van der Waals surface area contributed by atoms with Gasteiger partial charge in [-0.1, -0.05) is 26.3 Å². The minimum Gasteiger partial charge on any atom is -0.370 e. The highest BCUT2D eigenvalue weighted by Gasteiger charge is 2.15. The second kappa shape index (κ2) is 7.98. The van der Waals surface area contributed by atoms with Gasteiger partial charge in [0.2, 0.25) is 0 Å². The lowest BCUT2D eigenvalue weighted by molar-refractivity contribution is 0.752. The lowest BCUT2D eigenvalue weighted by Gasteiger charge is -2.20. The van der Waals surface area contributed by atoms with Gasteiger partial charge in [-0.15, -0.1) is 11.3 Å². The lowest BCUT2D eigenvalue weighted by Crippen LogP contribution is -2.14. The molecular weight excluding hydrogens is 280 g/mol. The molecule has 4 nitrogen and oxygen atoms in total. The largest absolute Gasteiger partial charge is 0.370 e. The van der Waals surface area contributed by atoms with E-state index < -0.39 is 0 Å². The molecular formula is C16H24N4S. The second-order valence-electron chi connectivity index (χ2n) is 4.95. The van der Waals surface area contributed by atoms with E-state index in [1.807, 2.05) is 0 Å².